The maximum absolute atomic E-state index is 14.1. The number of hydrogen-bond acceptors (Lipinski definition) is 5. The molecule has 2 bridgehead atoms. The third-order valence-electron chi connectivity index (χ3n) is 5.83. The van der Waals surface area contributed by atoms with Crippen molar-refractivity contribution >= 4 is 34.0 Å². The van der Waals surface area contributed by atoms with Crippen LogP contribution in [0.4, 0.5) is 15.2 Å². The minimum Gasteiger partial charge on any atom is -0.459 e. The Bertz CT molecular complexity index is 884. The molecule has 2 aliphatic rings. The van der Waals surface area contributed by atoms with Gasteiger partial charge in [-0.15, -0.1) is 11.3 Å². The number of fused-ring (bicyclic) bond motifs is 2. The number of nitrogens with zero attached hydrogens (tertiary/aromatic N) is 2. The molecule has 0 spiro atoms. The van der Waals surface area contributed by atoms with Crippen molar-refractivity contribution < 1.29 is 18.7 Å². The molecule has 0 N–H and O–H groups in total. The molecule has 1 heterocycles. The average Bonchev–Trinajstić information content (AvgIpc) is 3.39. The monoisotopic (exact) mass is 402 g/mol. The van der Waals surface area contributed by atoms with Crippen molar-refractivity contribution in [2.75, 3.05) is 4.90 Å². The normalized spacial score (nSPS) is 23.0. The van der Waals surface area contributed by atoms with Gasteiger partial charge in [0.2, 0.25) is 5.91 Å². The molecule has 2 saturated carbocycles. The molecule has 1 aromatic carbocycles. The fourth-order valence-electron chi connectivity index (χ4n) is 4.56. The van der Waals surface area contributed by atoms with E-state index in [1.807, 2.05) is 0 Å². The SMILES string of the molecule is CC(=O)N(c1nc(COC(=O)CC2CC3CCC2C3)cs1)c1ccccc1F. The van der Waals surface area contributed by atoms with Crippen LogP contribution in [-0.2, 0) is 20.9 Å². The molecule has 28 heavy (non-hydrogen) atoms. The molecule has 148 valence electrons. The van der Waals surface area contributed by atoms with Crippen LogP contribution in [0.5, 0.6) is 0 Å². The van der Waals surface area contributed by atoms with Crippen molar-refractivity contribution in [1.82, 2.24) is 4.98 Å². The fourth-order valence-corrected chi connectivity index (χ4v) is 5.42. The van der Waals surface area contributed by atoms with Gasteiger partial charge in [0.05, 0.1) is 11.4 Å². The average molecular weight is 402 g/mol. The smallest absolute Gasteiger partial charge is 0.306 e. The number of benzene rings is 1. The van der Waals surface area contributed by atoms with Crippen molar-refractivity contribution in [3.8, 4) is 0 Å². The quantitative estimate of drug-likeness (QED) is 0.649. The predicted octanol–water partition coefficient (Wildman–Crippen LogP) is 4.84. The van der Waals surface area contributed by atoms with Gasteiger partial charge in [-0.25, -0.2) is 9.37 Å². The maximum atomic E-state index is 14.1. The van der Waals surface area contributed by atoms with Crippen LogP contribution in [0.3, 0.4) is 0 Å². The summed E-state index contributed by atoms with van der Waals surface area (Å²) in [5, 5.41) is 2.09. The van der Waals surface area contributed by atoms with E-state index in [0.717, 1.165) is 12.3 Å². The van der Waals surface area contributed by atoms with Gasteiger partial charge in [-0.05, 0) is 49.1 Å². The van der Waals surface area contributed by atoms with Gasteiger partial charge in [0.15, 0.2) is 5.13 Å². The molecule has 2 aliphatic carbocycles. The lowest BCUT2D eigenvalue weighted by Gasteiger charge is -2.20. The third-order valence-corrected chi connectivity index (χ3v) is 6.71. The zero-order valence-corrected chi connectivity index (χ0v) is 16.6. The Balaban J connectivity index is 1.37. The van der Waals surface area contributed by atoms with Crippen molar-refractivity contribution in [2.45, 2.75) is 45.6 Å². The highest BCUT2D eigenvalue weighted by Crippen LogP contribution is 2.49. The lowest BCUT2D eigenvalue weighted by atomic mass is 9.86. The van der Waals surface area contributed by atoms with E-state index in [-0.39, 0.29) is 24.2 Å². The van der Waals surface area contributed by atoms with E-state index < -0.39 is 5.82 Å². The Morgan fingerprint density at radius 3 is 2.79 bits per heavy atom. The lowest BCUT2D eigenvalue weighted by molar-refractivity contribution is -0.146. The first-order valence-electron chi connectivity index (χ1n) is 9.66. The Hall–Kier alpha value is -2.28. The number of carbonyl (C=O) groups is 2. The Labute approximate surface area is 167 Å². The van der Waals surface area contributed by atoms with Gasteiger partial charge in [0.1, 0.15) is 12.4 Å². The largest absolute Gasteiger partial charge is 0.459 e. The number of anilines is 2. The highest BCUT2D eigenvalue weighted by Gasteiger charge is 2.40. The maximum Gasteiger partial charge on any atom is 0.306 e. The first kappa shape index (κ1) is 19.1. The number of aromatic nitrogens is 1. The van der Waals surface area contributed by atoms with Gasteiger partial charge in [-0.3, -0.25) is 14.5 Å². The van der Waals surface area contributed by atoms with E-state index in [4.69, 9.17) is 4.74 Å². The van der Waals surface area contributed by atoms with Crippen LogP contribution in [-0.4, -0.2) is 16.9 Å². The second-order valence-electron chi connectivity index (χ2n) is 7.73. The summed E-state index contributed by atoms with van der Waals surface area (Å²) >= 11 is 1.22. The molecule has 2 aromatic rings. The minimum absolute atomic E-state index is 0.0686. The number of carbonyl (C=O) groups excluding carboxylic acids is 2. The summed E-state index contributed by atoms with van der Waals surface area (Å²) in [6, 6.07) is 6.07. The first-order valence-corrected chi connectivity index (χ1v) is 10.5. The first-order chi connectivity index (χ1) is 13.5. The van der Waals surface area contributed by atoms with E-state index in [1.54, 1.807) is 17.5 Å². The van der Waals surface area contributed by atoms with E-state index >= 15 is 0 Å². The highest BCUT2D eigenvalue weighted by atomic mass is 32.1. The van der Waals surface area contributed by atoms with Crippen molar-refractivity contribution in [1.29, 1.82) is 0 Å². The van der Waals surface area contributed by atoms with Crippen LogP contribution in [0.1, 0.15) is 44.7 Å². The predicted molar refractivity (Wildman–Crippen MR) is 105 cm³/mol. The number of hydrogen-bond donors (Lipinski definition) is 0. The number of rotatable bonds is 6. The molecule has 7 heteroatoms. The topological polar surface area (TPSA) is 59.5 Å². The van der Waals surface area contributed by atoms with Crippen molar-refractivity contribution in [2.24, 2.45) is 17.8 Å². The van der Waals surface area contributed by atoms with Gasteiger partial charge in [0, 0.05) is 18.7 Å². The summed E-state index contributed by atoms with van der Waals surface area (Å²) < 4.78 is 19.5. The minimum atomic E-state index is -0.494. The van der Waals surface area contributed by atoms with Crippen LogP contribution < -0.4 is 4.90 Å². The molecule has 1 amide bonds. The fraction of sp³-hybridized carbons (Fsp3) is 0.476. The summed E-state index contributed by atoms with van der Waals surface area (Å²) in [4.78, 5) is 29.9. The zero-order chi connectivity index (χ0) is 19.7. The summed E-state index contributed by atoms with van der Waals surface area (Å²) in [7, 11) is 0. The molecule has 3 unspecified atom stereocenters. The molecule has 0 radical (unpaired) electrons. The number of para-hydroxylation sites is 1. The number of halogens is 1. The van der Waals surface area contributed by atoms with Crippen LogP contribution in [0.25, 0.3) is 0 Å². The standard InChI is InChI=1S/C21H23FN2O3S/c1-13(25)24(19-5-3-2-4-18(19)22)21-23-17(12-28-21)11-27-20(26)10-16-9-14-6-7-15(16)8-14/h2-5,12,14-16H,6-11H2,1H3. The Morgan fingerprint density at radius 1 is 1.29 bits per heavy atom. The van der Waals surface area contributed by atoms with Gasteiger partial charge in [0.25, 0.3) is 0 Å². The molecule has 0 saturated heterocycles. The van der Waals surface area contributed by atoms with Crippen LogP contribution in [0, 0.1) is 23.6 Å². The Kier molecular flexibility index (Phi) is 5.44. The molecule has 0 aliphatic heterocycles. The molecule has 4 rings (SSSR count). The van der Waals surface area contributed by atoms with E-state index in [2.05, 4.69) is 4.98 Å². The lowest BCUT2D eigenvalue weighted by Crippen LogP contribution is -2.23. The zero-order valence-electron chi connectivity index (χ0n) is 15.8. The van der Waals surface area contributed by atoms with Gasteiger partial charge in [-0.2, -0.15) is 0 Å². The summed E-state index contributed by atoms with van der Waals surface area (Å²) in [6.07, 6.45) is 5.45. The van der Waals surface area contributed by atoms with Crippen LogP contribution in [0.15, 0.2) is 29.6 Å². The van der Waals surface area contributed by atoms with E-state index in [9.17, 15) is 14.0 Å². The number of esters is 1. The third kappa shape index (κ3) is 3.94. The summed E-state index contributed by atoms with van der Waals surface area (Å²) in [5.41, 5.74) is 0.716. The number of ether oxygens (including phenoxy) is 1. The summed E-state index contributed by atoms with van der Waals surface area (Å²) in [6.45, 7) is 1.43. The molecule has 2 fully saturated rings. The molecular weight excluding hydrogens is 379 g/mol. The van der Waals surface area contributed by atoms with Crippen molar-refractivity contribution in [3.05, 3.63) is 41.2 Å². The van der Waals surface area contributed by atoms with Crippen LogP contribution in [0.2, 0.25) is 0 Å². The van der Waals surface area contributed by atoms with Gasteiger partial charge < -0.3 is 4.74 Å². The van der Waals surface area contributed by atoms with E-state index in [0.29, 0.717) is 29.1 Å². The molecule has 1 aromatic heterocycles. The van der Waals surface area contributed by atoms with Crippen molar-refractivity contribution in [3.63, 3.8) is 0 Å². The van der Waals surface area contributed by atoms with Gasteiger partial charge in [-0.1, -0.05) is 18.6 Å². The summed E-state index contributed by atoms with van der Waals surface area (Å²) in [5.74, 6) is 0.940. The van der Waals surface area contributed by atoms with Crippen LogP contribution >= 0.6 is 11.3 Å². The van der Waals surface area contributed by atoms with E-state index in [1.165, 1.54) is 54.6 Å². The number of thiazole rings is 1. The second kappa shape index (κ2) is 7.99. The number of amides is 1. The second-order valence-corrected chi connectivity index (χ2v) is 8.56. The highest BCUT2D eigenvalue weighted by molar-refractivity contribution is 7.14. The molecule has 3 atom stereocenters. The Morgan fingerprint density at radius 2 is 2.11 bits per heavy atom. The van der Waals surface area contributed by atoms with Gasteiger partial charge >= 0.3 is 5.97 Å². The molecule has 5 nitrogen and oxygen atoms in total. The molecular formula is C21H23FN2O3S.